The van der Waals surface area contributed by atoms with Gasteiger partial charge in [-0.1, -0.05) is 0 Å². The topological polar surface area (TPSA) is 18.5 Å². The van der Waals surface area contributed by atoms with Crippen molar-refractivity contribution in [1.29, 1.82) is 0 Å². The quantitative estimate of drug-likeness (QED) is 0.589. The lowest BCUT2D eigenvalue weighted by Crippen LogP contribution is -2.25. The third kappa shape index (κ3) is 2.67. The first-order valence-electron chi connectivity index (χ1n) is 4.06. The molecule has 1 saturated heterocycles. The van der Waals surface area contributed by atoms with Crippen molar-refractivity contribution in [3.63, 3.8) is 0 Å². The van der Waals surface area contributed by atoms with E-state index < -0.39 is 0 Å². The molecule has 0 aromatic carbocycles. The Hall–Kier alpha value is -0.0800. The molecule has 0 aliphatic carbocycles. The van der Waals surface area contributed by atoms with Crippen molar-refractivity contribution in [2.45, 2.75) is 45.5 Å². The van der Waals surface area contributed by atoms with Gasteiger partial charge < -0.3 is 9.47 Å². The van der Waals surface area contributed by atoms with E-state index in [1.165, 1.54) is 12.8 Å². The zero-order chi connectivity index (χ0) is 7.40. The van der Waals surface area contributed by atoms with Gasteiger partial charge in [0.2, 0.25) is 0 Å². The number of hydrogen-bond acceptors (Lipinski definition) is 2. The van der Waals surface area contributed by atoms with Gasteiger partial charge in [-0.15, -0.1) is 0 Å². The smallest absolute Gasteiger partial charge is 0.157 e. The molecule has 0 saturated carbocycles. The molecule has 0 spiro atoms. The standard InChI is InChI=1S/C8H16O2/c1-7(2)10-8-5-3-4-6-9-8/h7-8H,3-6H2,1-2H3/t8-/m0/s1. The predicted molar refractivity (Wildman–Crippen MR) is 39.8 cm³/mol. The maximum Gasteiger partial charge on any atom is 0.157 e. The van der Waals surface area contributed by atoms with E-state index >= 15 is 0 Å². The highest BCUT2D eigenvalue weighted by atomic mass is 16.7. The van der Waals surface area contributed by atoms with Crippen LogP contribution < -0.4 is 0 Å². The summed E-state index contributed by atoms with van der Waals surface area (Å²) in [5.74, 6) is 0. The highest BCUT2D eigenvalue weighted by Crippen LogP contribution is 2.14. The summed E-state index contributed by atoms with van der Waals surface area (Å²) in [7, 11) is 0. The lowest BCUT2D eigenvalue weighted by molar-refractivity contribution is -0.180. The Morgan fingerprint density at radius 3 is 2.70 bits per heavy atom. The third-order valence-corrected chi connectivity index (χ3v) is 1.56. The number of ether oxygens (including phenoxy) is 2. The van der Waals surface area contributed by atoms with Crippen molar-refractivity contribution in [2.24, 2.45) is 0 Å². The molecule has 0 bridgehead atoms. The Balaban J connectivity index is 2.13. The van der Waals surface area contributed by atoms with Crippen LogP contribution in [0.4, 0.5) is 0 Å². The van der Waals surface area contributed by atoms with E-state index in [2.05, 4.69) is 0 Å². The van der Waals surface area contributed by atoms with Crippen LogP contribution in [0.25, 0.3) is 0 Å². The molecule has 1 atom stereocenters. The van der Waals surface area contributed by atoms with Gasteiger partial charge >= 0.3 is 0 Å². The van der Waals surface area contributed by atoms with E-state index in [0.717, 1.165) is 13.0 Å². The second kappa shape index (κ2) is 3.94. The van der Waals surface area contributed by atoms with Crippen molar-refractivity contribution in [3.8, 4) is 0 Å². The molecule has 0 radical (unpaired) electrons. The van der Waals surface area contributed by atoms with Gasteiger partial charge in [-0.3, -0.25) is 0 Å². The summed E-state index contributed by atoms with van der Waals surface area (Å²) in [4.78, 5) is 0. The Kier molecular flexibility index (Phi) is 3.16. The third-order valence-electron chi connectivity index (χ3n) is 1.56. The van der Waals surface area contributed by atoms with Gasteiger partial charge in [0.1, 0.15) is 0 Å². The molecule has 0 aromatic rings. The van der Waals surface area contributed by atoms with Gasteiger partial charge in [-0.25, -0.2) is 0 Å². The summed E-state index contributed by atoms with van der Waals surface area (Å²) in [6.45, 7) is 4.95. The molecule has 2 nitrogen and oxygen atoms in total. The SMILES string of the molecule is CC(C)O[C@H]1CCCCO1. The van der Waals surface area contributed by atoms with Crippen molar-refractivity contribution >= 4 is 0 Å². The minimum absolute atomic E-state index is 0.0775. The van der Waals surface area contributed by atoms with Crippen LogP contribution in [-0.4, -0.2) is 19.0 Å². The van der Waals surface area contributed by atoms with E-state index in [9.17, 15) is 0 Å². The van der Waals surface area contributed by atoms with Crippen LogP contribution >= 0.6 is 0 Å². The molecule has 0 aromatic heterocycles. The Morgan fingerprint density at radius 2 is 2.20 bits per heavy atom. The second-order valence-electron chi connectivity index (χ2n) is 2.98. The molecule has 1 heterocycles. The molecule has 1 rings (SSSR count). The van der Waals surface area contributed by atoms with Gasteiger partial charge in [-0.05, 0) is 33.1 Å². The lowest BCUT2D eigenvalue weighted by atomic mass is 10.2. The monoisotopic (exact) mass is 144 g/mol. The van der Waals surface area contributed by atoms with E-state index in [4.69, 9.17) is 9.47 Å². The lowest BCUT2D eigenvalue weighted by Gasteiger charge is -2.24. The first kappa shape index (κ1) is 8.02. The van der Waals surface area contributed by atoms with Crippen LogP contribution in [0.2, 0.25) is 0 Å². The van der Waals surface area contributed by atoms with Crippen molar-refractivity contribution < 1.29 is 9.47 Å². The number of rotatable bonds is 2. The Labute approximate surface area is 62.5 Å². The molecular weight excluding hydrogens is 128 g/mol. The van der Waals surface area contributed by atoms with E-state index in [1.807, 2.05) is 13.8 Å². The fourth-order valence-electron chi connectivity index (χ4n) is 1.12. The van der Waals surface area contributed by atoms with Gasteiger partial charge in [-0.2, -0.15) is 0 Å². The molecule has 10 heavy (non-hydrogen) atoms. The van der Waals surface area contributed by atoms with Crippen molar-refractivity contribution in [2.75, 3.05) is 6.61 Å². The van der Waals surface area contributed by atoms with Crippen LogP contribution in [0.5, 0.6) is 0 Å². The van der Waals surface area contributed by atoms with E-state index in [0.29, 0.717) is 6.10 Å². The van der Waals surface area contributed by atoms with Crippen LogP contribution in [0.15, 0.2) is 0 Å². The average Bonchev–Trinajstić information content (AvgIpc) is 1.88. The van der Waals surface area contributed by atoms with E-state index in [-0.39, 0.29) is 6.29 Å². The normalized spacial score (nSPS) is 27.3. The minimum Gasteiger partial charge on any atom is -0.353 e. The summed E-state index contributed by atoms with van der Waals surface area (Å²) in [6.07, 6.45) is 3.88. The fraction of sp³-hybridized carbons (Fsp3) is 1.00. The second-order valence-corrected chi connectivity index (χ2v) is 2.98. The fourth-order valence-corrected chi connectivity index (χ4v) is 1.12. The highest BCUT2D eigenvalue weighted by Gasteiger charge is 2.14. The molecule has 0 unspecified atom stereocenters. The van der Waals surface area contributed by atoms with Gasteiger partial charge in [0.15, 0.2) is 6.29 Å². The first-order chi connectivity index (χ1) is 4.79. The summed E-state index contributed by atoms with van der Waals surface area (Å²) in [6, 6.07) is 0. The van der Waals surface area contributed by atoms with Gasteiger partial charge in [0.05, 0.1) is 6.10 Å². The van der Waals surface area contributed by atoms with Gasteiger partial charge in [0, 0.05) is 6.61 Å². The molecule has 0 amide bonds. The van der Waals surface area contributed by atoms with Crippen LogP contribution in [0.3, 0.4) is 0 Å². The van der Waals surface area contributed by atoms with Crippen LogP contribution in [0.1, 0.15) is 33.1 Å². The summed E-state index contributed by atoms with van der Waals surface area (Å²) >= 11 is 0. The minimum atomic E-state index is 0.0775. The molecular formula is C8H16O2. The largest absolute Gasteiger partial charge is 0.353 e. The summed E-state index contributed by atoms with van der Waals surface area (Å²) < 4.78 is 10.8. The molecule has 1 fully saturated rings. The molecule has 1 aliphatic rings. The zero-order valence-electron chi connectivity index (χ0n) is 6.80. The average molecular weight is 144 g/mol. The molecule has 1 aliphatic heterocycles. The van der Waals surface area contributed by atoms with E-state index in [1.54, 1.807) is 0 Å². The zero-order valence-corrected chi connectivity index (χ0v) is 6.80. The van der Waals surface area contributed by atoms with Crippen LogP contribution in [-0.2, 0) is 9.47 Å². The highest BCUT2D eigenvalue weighted by molar-refractivity contribution is 4.54. The maximum atomic E-state index is 5.47. The molecule has 60 valence electrons. The van der Waals surface area contributed by atoms with Crippen LogP contribution in [0, 0.1) is 0 Å². The summed E-state index contributed by atoms with van der Waals surface area (Å²) in [5.41, 5.74) is 0. The van der Waals surface area contributed by atoms with Gasteiger partial charge in [0.25, 0.3) is 0 Å². The summed E-state index contributed by atoms with van der Waals surface area (Å²) in [5, 5.41) is 0. The Morgan fingerprint density at radius 1 is 1.40 bits per heavy atom. The number of hydrogen-bond donors (Lipinski definition) is 0. The Bertz CT molecular complexity index is 85.3. The first-order valence-corrected chi connectivity index (χ1v) is 4.06. The maximum absolute atomic E-state index is 5.47. The molecule has 2 heteroatoms. The van der Waals surface area contributed by atoms with Crippen molar-refractivity contribution in [3.05, 3.63) is 0 Å². The van der Waals surface area contributed by atoms with Crippen molar-refractivity contribution in [1.82, 2.24) is 0 Å². The predicted octanol–water partition coefficient (Wildman–Crippen LogP) is 1.94. The molecule has 0 N–H and O–H groups in total.